The van der Waals surface area contributed by atoms with Gasteiger partial charge in [-0.2, -0.15) is 0 Å². The van der Waals surface area contributed by atoms with Crippen molar-refractivity contribution in [2.75, 3.05) is 13.2 Å². The number of aliphatic hydroxyl groups excluding tert-OH is 1. The van der Waals surface area contributed by atoms with Crippen molar-refractivity contribution in [3.63, 3.8) is 0 Å². The predicted octanol–water partition coefficient (Wildman–Crippen LogP) is 1.59. The van der Waals surface area contributed by atoms with E-state index in [9.17, 15) is 14.4 Å². The Bertz CT molecular complexity index is 817. The van der Waals surface area contributed by atoms with Gasteiger partial charge in [0, 0.05) is 18.7 Å². The summed E-state index contributed by atoms with van der Waals surface area (Å²) in [6, 6.07) is 13.8. The van der Waals surface area contributed by atoms with Crippen LogP contribution in [0.1, 0.15) is 43.1 Å². The lowest BCUT2D eigenvalue weighted by molar-refractivity contribution is 0.0642. The summed E-state index contributed by atoms with van der Waals surface area (Å²) in [5.41, 5.74) is 1.74. The van der Waals surface area contributed by atoms with Gasteiger partial charge in [0.1, 0.15) is 0 Å². The molecule has 0 atom stereocenters. The SMILES string of the molecule is O=C(NCCCO)c1ccc2c(c1)C(=O)N(Cc1ccccc1)C2=O. The molecule has 0 saturated heterocycles. The summed E-state index contributed by atoms with van der Waals surface area (Å²) in [4.78, 5) is 38.3. The Morgan fingerprint density at radius 3 is 2.44 bits per heavy atom. The maximum Gasteiger partial charge on any atom is 0.261 e. The van der Waals surface area contributed by atoms with Gasteiger partial charge >= 0.3 is 0 Å². The minimum Gasteiger partial charge on any atom is -0.396 e. The monoisotopic (exact) mass is 338 g/mol. The third-order valence-electron chi connectivity index (χ3n) is 4.04. The number of fused-ring (bicyclic) bond motifs is 1. The van der Waals surface area contributed by atoms with Gasteiger partial charge in [-0.25, -0.2) is 0 Å². The minimum atomic E-state index is -0.395. The fourth-order valence-electron chi connectivity index (χ4n) is 2.72. The first-order valence-electron chi connectivity index (χ1n) is 8.05. The van der Waals surface area contributed by atoms with Crippen molar-refractivity contribution in [2.24, 2.45) is 0 Å². The molecular weight excluding hydrogens is 320 g/mol. The predicted molar refractivity (Wildman–Crippen MR) is 91.1 cm³/mol. The molecule has 3 amide bonds. The van der Waals surface area contributed by atoms with E-state index in [1.54, 1.807) is 0 Å². The summed E-state index contributed by atoms with van der Waals surface area (Å²) < 4.78 is 0. The second-order valence-electron chi connectivity index (χ2n) is 5.78. The van der Waals surface area contributed by atoms with Gasteiger partial charge in [-0.3, -0.25) is 19.3 Å². The fourth-order valence-corrected chi connectivity index (χ4v) is 2.72. The van der Waals surface area contributed by atoms with Crippen LogP contribution in [0.2, 0.25) is 0 Å². The van der Waals surface area contributed by atoms with E-state index in [2.05, 4.69) is 5.32 Å². The van der Waals surface area contributed by atoms with Crippen LogP contribution in [-0.4, -0.2) is 40.9 Å². The molecule has 0 aromatic heterocycles. The van der Waals surface area contributed by atoms with E-state index in [4.69, 9.17) is 5.11 Å². The van der Waals surface area contributed by atoms with E-state index in [-0.39, 0.29) is 30.5 Å². The van der Waals surface area contributed by atoms with Crippen LogP contribution in [0.15, 0.2) is 48.5 Å². The quantitative estimate of drug-likeness (QED) is 0.619. The van der Waals surface area contributed by atoms with Crippen molar-refractivity contribution >= 4 is 17.7 Å². The van der Waals surface area contributed by atoms with Crippen LogP contribution in [0.3, 0.4) is 0 Å². The first-order valence-corrected chi connectivity index (χ1v) is 8.05. The molecule has 0 radical (unpaired) electrons. The van der Waals surface area contributed by atoms with E-state index in [0.29, 0.717) is 24.1 Å². The molecule has 0 bridgehead atoms. The van der Waals surface area contributed by atoms with Crippen LogP contribution in [0.4, 0.5) is 0 Å². The second kappa shape index (κ2) is 7.27. The van der Waals surface area contributed by atoms with Crippen molar-refractivity contribution in [2.45, 2.75) is 13.0 Å². The summed E-state index contributed by atoms with van der Waals surface area (Å²) in [7, 11) is 0. The highest BCUT2D eigenvalue weighted by atomic mass is 16.3. The number of carbonyl (C=O) groups is 3. The number of aliphatic hydroxyl groups is 1. The maximum absolute atomic E-state index is 12.6. The highest BCUT2D eigenvalue weighted by Gasteiger charge is 2.35. The van der Waals surface area contributed by atoms with Crippen molar-refractivity contribution in [3.8, 4) is 0 Å². The van der Waals surface area contributed by atoms with Gasteiger partial charge in [0.15, 0.2) is 0 Å². The van der Waals surface area contributed by atoms with Gasteiger partial charge in [0.05, 0.1) is 17.7 Å². The van der Waals surface area contributed by atoms with E-state index < -0.39 is 5.91 Å². The van der Waals surface area contributed by atoms with Crippen LogP contribution in [0.5, 0.6) is 0 Å². The standard InChI is InChI=1S/C19H18N2O4/c22-10-4-9-20-17(23)14-7-8-15-16(11-14)19(25)21(18(15)24)12-13-5-2-1-3-6-13/h1-3,5-8,11,22H,4,9-10,12H2,(H,20,23). The molecule has 25 heavy (non-hydrogen) atoms. The summed E-state index contributed by atoms with van der Waals surface area (Å²) in [5.74, 6) is -1.08. The molecule has 1 aliphatic rings. The Balaban J connectivity index is 1.79. The summed E-state index contributed by atoms with van der Waals surface area (Å²) >= 11 is 0. The Morgan fingerprint density at radius 1 is 1.00 bits per heavy atom. The number of carbonyl (C=O) groups excluding carboxylic acids is 3. The lowest BCUT2D eigenvalue weighted by Crippen LogP contribution is -2.29. The molecule has 2 aromatic carbocycles. The molecule has 2 N–H and O–H groups in total. The van der Waals surface area contributed by atoms with Crippen LogP contribution >= 0.6 is 0 Å². The molecule has 0 spiro atoms. The molecule has 1 heterocycles. The van der Waals surface area contributed by atoms with Crippen molar-refractivity contribution < 1.29 is 19.5 Å². The lowest BCUT2D eigenvalue weighted by atomic mass is 10.1. The van der Waals surface area contributed by atoms with Gasteiger partial charge in [-0.15, -0.1) is 0 Å². The average molecular weight is 338 g/mol. The molecule has 2 aromatic rings. The zero-order valence-corrected chi connectivity index (χ0v) is 13.6. The largest absolute Gasteiger partial charge is 0.396 e. The van der Waals surface area contributed by atoms with Crippen molar-refractivity contribution in [1.82, 2.24) is 10.2 Å². The second-order valence-corrected chi connectivity index (χ2v) is 5.78. The van der Waals surface area contributed by atoms with Gasteiger partial charge in [0.25, 0.3) is 17.7 Å². The fraction of sp³-hybridized carbons (Fsp3) is 0.211. The number of hydrogen-bond donors (Lipinski definition) is 2. The third-order valence-corrected chi connectivity index (χ3v) is 4.04. The number of hydrogen-bond acceptors (Lipinski definition) is 4. The van der Waals surface area contributed by atoms with Crippen molar-refractivity contribution in [3.05, 3.63) is 70.8 Å². The van der Waals surface area contributed by atoms with Gasteiger partial charge in [-0.05, 0) is 30.2 Å². The van der Waals surface area contributed by atoms with Crippen molar-refractivity contribution in [1.29, 1.82) is 0 Å². The highest BCUT2D eigenvalue weighted by molar-refractivity contribution is 6.22. The topological polar surface area (TPSA) is 86.7 Å². The minimum absolute atomic E-state index is 0.00803. The van der Waals surface area contributed by atoms with E-state index in [1.165, 1.54) is 23.1 Å². The van der Waals surface area contributed by atoms with Crippen LogP contribution in [-0.2, 0) is 6.54 Å². The number of imide groups is 1. The van der Waals surface area contributed by atoms with E-state index >= 15 is 0 Å². The Morgan fingerprint density at radius 2 is 1.72 bits per heavy atom. The molecular formula is C19H18N2O4. The van der Waals surface area contributed by atoms with E-state index in [1.807, 2.05) is 30.3 Å². The average Bonchev–Trinajstić information content (AvgIpc) is 2.87. The maximum atomic E-state index is 12.6. The first-order chi connectivity index (χ1) is 12.1. The lowest BCUT2D eigenvalue weighted by Gasteiger charge is -2.13. The molecule has 0 fully saturated rings. The molecule has 1 aliphatic heterocycles. The number of benzene rings is 2. The zero-order chi connectivity index (χ0) is 17.8. The molecule has 6 nitrogen and oxygen atoms in total. The molecule has 0 aliphatic carbocycles. The smallest absolute Gasteiger partial charge is 0.261 e. The normalized spacial score (nSPS) is 13.1. The zero-order valence-electron chi connectivity index (χ0n) is 13.6. The van der Waals surface area contributed by atoms with Crippen LogP contribution in [0.25, 0.3) is 0 Å². The van der Waals surface area contributed by atoms with Gasteiger partial charge in [0.2, 0.25) is 0 Å². The number of rotatable bonds is 6. The van der Waals surface area contributed by atoms with Gasteiger partial charge in [-0.1, -0.05) is 30.3 Å². The first kappa shape index (κ1) is 16.9. The van der Waals surface area contributed by atoms with Crippen LogP contribution in [0, 0.1) is 0 Å². The summed E-state index contributed by atoms with van der Waals surface area (Å²) in [5, 5.41) is 11.4. The molecule has 3 rings (SSSR count). The molecule has 128 valence electrons. The van der Waals surface area contributed by atoms with E-state index in [0.717, 1.165) is 5.56 Å². The Labute approximate surface area is 145 Å². The summed E-state index contributed by atoms with van der Waals surface area (Å²) in [6.07, 6.45) is 0.457. The number of amides is 3. The highest BCUT2D eigenvalue weighted by Crippen LogP contribution is 2.25. The van der Waals surface area contributed by atoms with Gasteiger partial charge < -0.3 is 10.4 Å². The van der Waals surface area contributed by atoms with Crippen LogP contribution < -0.4 is 5.32 Å². The molecule has 6 heteroatoms. The Hall–Kier alpha value is -2.99. The molecule has 0 unspecified atom stereocenters. The molecule has 0 saturated carbocycles. The third kappa shape index (κ3) is 3.44. The Kier molecular flexibility index (Phi) is 4.90. The number of nitrogens with one attached hydrogen (secondary N) is 1. The summed E-state index contributed by atoms with van der Waals surface area (Å²) in [6.45, 7) is 0.538. The number of nitrogens with zero attached hydrogens (tertiary/aromatic N) is 1.